The number of amides is 1. The zero-order valence-corrected chi connectivity index (χ0v) is 17.2. The lowest BCUT2D eigenvalue weighted by Crippen LogP contribution is -2.44. The fourth-order valence-corrected chi connectivity index (χ4v) is 4.13. The Labute approximate surface area is 180 Å². The van der Waals surface area contributed by atoms with Crippen molar-refractivity contribution in [2.75, 3.05) is 6.54 Å². The highest BCUT2D eigenvalue weighted by Gasteiger charge is 2.26. The van der Waals surface area contributed by atoms with Gasteiger partial charge in [0.25, 0.3) is 11.5 Å². The van der Waals surface area contributed by atoms with E-state index in [9.17, 15) is 9.59 Å². The quantitative estimate of drug-likeness (QED) is 0.516. The van der Waals surface area contributed by atoms with Crippen LogP contribution in [0.2, 0.25) is 0 Å². The molecule has 0 atom stereocenters. The molecule has 0 saturated heterocycles. The van der Waals surface area contributed by atoms with Crippen molar-refractivity contribution < 1.29 is 4.79 Å². The van der Waals surface area contributed by atoms with Crippen molar-refractivity contribution in [1.82, 2.24) is 19.0 Å². The minimum atomic E-state index is -0.169. The van der Waals surface area contributed by atoms with E-state index in [1.807, 2.05) is 37.3 Å². The number of imidazole rings is 1. The van der Waals surface area contributed by atoms with Gasteiger partial charge in [-0.15, -0.1) is 0 Å². The van der Waals surface area contributed by atoms with E-state index in [4.69, 9.17) is 0 Å². The van der Waals surface area contributed by atoms with Gasteiger partial charge in [-0.1, -0.05) is 48.5 Å². The lowest BCUT2D eigenvalue weighted by atomic mass is 10.0. The van der Waals surface area contributed by atoms with E-state index in [0.29, 0.717) is 31.0 Å². The molecule has 1 amide bonds. The van der Waals surface area contributed by atoms with Crippen LogP contribution < -0.4 is 5.56 Å². The maximum atomic E-state index is 13.1. The molecule has 4 aromatic rings. The summed E-state index contributed by atoms with van der Waals surface area (Å²) in [6.07, 6.45) is 3.42. The third kappa shape index (κ3) is 3.46. The predicted molar refractivity (Wildman–Crippen MR) is 119 cm³/mol. The van der Waals surface area contributed by atoms with Crippen LogP contribution in [0.1, 0.15) is 21.9 Å². The number of hydrogen-bond acceptors (Lipinski definition) is 3. The van der Waals surface area contributed by atoms with E-state index in [-0.39, 0.29) is 11.5 Å². The number of benzene rings is 2. The molecule has 1 aliphatic heterocycles. The molecule has 2 aromatic carbocycles. The molecule has 154 valence electrons. The Bertz CT molecular complexity index is 1320. The number of carbonyl (C=O) groups excluding carboxylic acids is 1. The van der Waals surface area contributed by atoms with Crippen LogP contribution in [0.15, 0.2) is 83.9 Å². The Morgan fingerprint density at radius 3 is 2.48 bits per heavy atom. The molecule has 0 aliphatic carbocycles. The van der Waals surface area contributed by atoms with Crippen LogP contribution in [-0.2, 0) is 13.1 Å². The minimum absolute atomic E-state index is 0.123. The Morgan fingerprint density at radius 2 is 1.71 bits per heavy atom. The molecule has 0 saturated carbocycles. The largest absolute Gasteiger partial charge is 0.331 e. The lowest BCUT2D eigenvalue weighted by molar-refractivity contribution is 0.0686. The van der Waals surface area contributed by atoms with Crippen LogP contribution in [0.25, 0.3) is 16.8 Å². The molecule has 2 aromatic heterocycles. The van der Waals surface area contributed by atoms with Crippen LogP contribution in [0, 0.1) is 6.92 Å². The number of nitrogens with zero attached hydrogens (tertiary/aromatic N) is 4. The number of fused-ring (bicyclic) bond motifs is 1. The molecular weight excluding hydrogens is 388 g/mol. The minimum Gasteiger partial charge on any atom is -0.331 e. The Morgan fingerprint density at radius 1 is 0.903 bits per heavy atom. The van der Waals surface area contributed by atoms with Crippen molar-refractivity contribution >= 4 is 5.91 Å². The van der Waals surface area contributed by atoms with Crippen molar-refractivity contribution in [3.63, 3.8) is 0 Å². The molecule has 3 heterocycles. The van der Waals surface area contributed by atoms with Crippen LogP contribution in [0.5, 0.6) is 0 Å². The van der Waals surface area contributed by atoms with Gasteiger partial charge in [-0.2, -0.15) is 0 Å². The number of hydrogen-bond donors (Lipinski definition) is 0. The van der Waals surface area contributed by atoms with Crippen molar-refractivity contribution in [3.8, 4) is 16.8 Å². The van der Waals surface area contributed by atoms with Crippen molar-refractivity contribution in [2.24, 2.45) is 0 Å². The molecule has 0 N–H and O–H groups in total. The Balaban J connectivity index is 1.42. The summed E-state index contributed by atoms with van der Waals surface area (Å²) in [5.74, 6) is 0.613. The number of aryl methyl sites for hydroxylation is 1. The smallest absolute Gasteiger partial charge is 0.275 e. The Kier molecular flexibility index (Phi) is 4.75. The molecular formula is C25H22N4O2. The lowest BCUT2D eigenvalue weighted by Gasteiger charge is -2.30. The maximum absolute atomic E-state index is 13.1. The van der Waals surface area contributed by atoms with Gasteiger partial charge in [0.15, 0.2) is 0 Å². The van der Waals surface area contributed by atoms with Gasteiger partial charge >= 0.3 is 0 Å². The third-order valence-electron chi connectivity index (χ3n) is 5.75. The second-order valence-electron chi connectivity index (χ2n) is 7.70. The average molecular weight is 410 g/mol. The monoisotopic (exact) mass is 410 g/mol. The van der Waals surface area contributed by atoms with E-state index in [1.165, 1.54) is 0 Å². The van der Waals surface area contributed by atoms with Gasteiger partial charge in [0.2, 0.25) is 0 Å². The fraction of sp³-hybridized carbons (Fsp3) is 0.160. The van der Waals surface area contributed by atoms with E-state index >= 15 is 0 Å². The van der Waals surface area contributed by atoms with Crippen LogP contribution in [-0.4, -0.2) is 31.5 Å². The van der Waals surface area contributed by atoms with Gasteiger partial charge in [0.1, 0.15) is 17.2 Å². The summed E-state index contributed by atoms with van der Waals surface area (Å²) in [6.45, 7) is 3.32. The van der Waals surface area contributed by atoms with Gasteiger partial charge in [-0.05, 0) is 41.8 Å². The number of rotatable bonds is 4. The first-order chi connectivity index (χ1) is 15.1. The first-order valence-corrected chi connectivity index (χ1v) is 10.3. The van der Waals surface area contributed by atoms with Crippen LogP contribution >= 0.6 is 0 Å². The highest BCUT2D eigenvalue weighted by atomic mass is 16.2. The first-order valence-electron chi connectivity index (χ1n) is 10.3. The van der Waals surface area contributed by atoms with Gasteiger partial charge < -0.3 is 9.47 Å². The summed E-state index contributed by atoms with van der Waals surface area (Å²) in [7, 11) is 0. The first kappa shape index (κ1) is 19.1. The maximum Gasteiger partial charge on any atom is 0.275 e. The Hall–Kier alpha value is -3.93. The molecule has 1 aliphatic rings. The molecule has 0 radical (unpaired) electrons. The molecule has 0 unspecified atom stereocenters. The van der Waals surface area contributed by atoms with E-state index in [2.05, 4.69) is 29.2 Å². The van der Waals surface area contributed by atoms with E-state index < -0.39 is 0 Å². The van der Waals surface area contributed by atoms with E-state index in [0.717, 1.165) is 22.5 Å². The molecule has 0 bridgehead atoms. The molecule has 31 heavy (non-hydrogen) atoms. The summed E-state index contributed by atoms with van der Waals surface area (Å²) in [4.78, 5) is 32.2. The molecule has 6 heteroatoms. The average Bonchev–Trinajstić information content (AvgIpc) is 3.22. The van der Waals surface area contributed by atoms with Crippen molar-refractivity contribution in [3.05, 3.63) is 107 Å². The number of carbonyl (C=O) groups is 1. The van der Waals surface area contributed by atoms with E-state index in [1.54, 1.807) is 38.6 Å². The molecule has 0 fully saturated rings. The fourth-order valence-electron chi connectivity index (χ4n) is 4.13. The molecule has 6 nitrogen and oxygen atoms in total. The second kappa shape index (κ2) is 7.72. The topological polar surface area (TPSA) is 60.1 Å². The van der Waals surface area contributed by atoms with Crippen LogP contribution in [0.4, 0.5) is 0 Å². The zero-order chi connectivity index (χ0) is 21.4. The van der Waals surface area contributed by atoms with Gasteiger partial charge in [0.05, 0.1) is 0 Å². The normalized spacial score (nSPS) is 13.3. The molecule has 5 rings (SSSR count). The highest BCUT2D eigenvalue weighted by Crippen LogP contribution is 2.22. The van der Waals surface area contributed by atoms with Gasteiger partial charge in [0, 0.05) is 32.0 Å². The number of aromatic nitrogens is 3. The van der Waals surface area contributed by atoms with Crippen LogP contribution in [0.3, 0.4) is 0 Å². The van der Waals surface area contributed by atoms with Gasteiger partial charge in [-0.3, -0.25) is 14.2 Å². The summed E-state index contributed by atoms with van der Waals surface area (Å²) >= 11 is 0. The second-order valence-corrected chi connectivity index (χ2v) is 7.70. The van der Waals surface area contributed by atoms with Crippen molar-refractivity contribution in [1.29, 1.82) is 0 Å². The zero-order valence-electron chi connectivity index (χ0n) is 17.2. The summed E-state index contributed by atoms with van der Waals surface area (Å²) < 4.78 is 3.33. The standard InChI is InChI=1S/C25H22N4O2/c1-18-26-12-13-28(18)23-11-10-22-24(30)27(14-15-29(22)25(23)31)17-19-6-5-9-21(16-19)20-7-3-2-4-8-20/h2-13,16H,14-15,17H2,1H3. The third-order valence-corrected chi connectivity index (χ3v) is 5.75. The van der Waals surface area contributed by atoms with Crippen molar-refractivity contribution in [2.45, 2.75) is 20.0 Å². The molecule has 0 spiro atoms. The van der Waals surface area contributed by atoms with Gasteiger partial charge in [-0.25, -0.2) is 4.98 Å². The summed E-state index contributed by atoms with van der Waals surface area (Å²) in [5, 5.41) is 0. The highest BCUT2D eigenvalue weighted by molar-refractivity contribution is 5.93. The summed E-state index contributed by atoms with van der Waals surface area (Å²) in [6, 6.07) is 21.9. The number of pyridine rings is 1. The SMILES string of the molecule is Cc1nccn1-c1ccc2n(c1=O)CCN(Cc1cccc(-c3ccccc3)c1)C2=O. The predicted octanol–water partition coefficient (Wildman–Crippen LogP) is 3.67. The summed E-state index contributed by atoms with van der Waals surface area (Å²) in [5.41, 5.74) is 4.11.